The molecule has 2 aromatic carbocycles. The van der Waals surface area contributed by atoms with Gasteiger partial charge in [0.15, 0.2) is 0 Å². The second-order valence-corrected chi connectivity index (χ2v) is 5.78. The molecule has 3 aromatic rings. The van der Waals surface area contributed by atoms with Crippen molar-refractivity contribution in [2.24, 2.45) is 0 Å². The fraction of sp³-hybridized carbons (Fsp3) is 0.211. The Morgan fingerprint density at radius 3 is 2.63 bits per heavy atom. The number of hydrogen-bond acceptors (Lipinski definition) is 5. The first-order valence-corrected chi connectivity index (χ1v) is 8.31. The number of nitrogens with zero attached hydrogens (tertiary/aromatic N) is 2. The Morgan fingerprint density at radius 1 is 1.11 bits per heavy atom. The Hall–Kier alpha value is -3.39. The molecule has 2 N–H and O–H groups in total. The lowest BCUT2D eigenvalue weighted by Gasteiger charge is -2.10. The highest BCUT2D eigenvalue weighted by molar-refractivity contribution is 6.01. The van der Waals surface area contributed by atoms with E-state index in [4.69, 9.17) is 9.47 Å². The second-order valence-electron chi connectivity index (χ2n) is 5.78. The number of methoxy groups -OCH3 is 2. The molecule has 8 heteroatoms. The SMILES string of the molecule is COCCn1cnc2ccc(NC(=O)Nc3cccc(OC)c3)cc2c1=O. The van der Waals surface area contributed by atoms with Crippen LogP contribution in [-0.4, -0.2) is 36.4 Å². The molecule has 0 fully saturated rings. The van der Waals surface area contributed by atoms with Crippen LogP contribution in [0.4, 0.5) is 16.2 Å². The highest BCUT2D eigenvalue weighted by Crippen LogP contribution is 2.18. The lowest BCUT2D eigenvalue weighted by atomic mass is 10.2. The first-order chi connectivity index (χ1) is 13.1. The van der Waals surface area contributed by atoms with Crippen LogP contribution in [-0.2, 0) is 11.3 Å². The minimum Gasteiger partial charge on any atom is -0.497 e. The third kappa shape index (κ3) is 4.42. The summed E-state index contributed by atoms with van der Waals surface area (Å²) < 4.78 is 11.6. The van der Waals surface area contributed by atoms with Crippen molar-refractivity contribution in [1.29, 1.82) is 0 Å². The van der Waals surface area contributed by atoms with E-state index in [0.29, 0.717) is 41.2 Å². The number of anilines is 2. The average molecular weight is 368 g/mol. The molecular weight excluding hydrogens is 348 g/mol. The van der Waals surface area contributed by atoms with Crippen LogP contribution in [0.15, 0.2) is 53.6 Å². The van der Waals surface area contributed by atoms with Gasteiger partial charge < -0.3 is 20.1 Å². The first-order valence-electron chi connectivity index (χ1n) is 8.31. The summed E-state index contributed by atoms with van der Waals surface area (Å²) in [5, 5.41) is 5.86. The van der Waals surface area contributed by atoms with Crippen LogP contribution >= 0.6 is 0 Å². The summed E-state index contributed by atoms with van der Waals surface area (Å²) in [5.74, 6) is 0.640. The fourth-order valence-electron chi connectivity index (χ4n) is 2.58. The van der Waals surface area contributed by atoms with E-state index in [1.54, 1.807) is 56.7 Å². The van der Waals surface area contributed by atoms with Crippen molar-refractivity contribution in [3.05, 3.63) is 59.1 Å². The predicted octanol–water partition coefficient (Wildman–Crippen LogP) is 2.70. The van der Waals surface area contributed by atoms with Gasteiger partial charge in [-0.25, -0.2) is 9.78 Å². The van der Waals surface area contributed by atoms with E-state index < -0.39 is 6.03 Å². The summed E-state index contributed by atoms with van der Waals surface area (Å²) in [6.07, 6.45) is 1.49. The zero-order valence-corrected chi connectivity index (χ0v) is 15.1. The lowest BCUT2D eigenvalue weighted by molar-refractivity contribution is 0.186. The number of hydrogen-bond donors (Lipinski definition) is 2. The molecule has 1 heterocycles. The van der Waals surface area contributed by atoms with Crippen molar-refractivity contribution >= 4 is 28.3 Å². The molecule has 0 atom stereocenters. The minimum atomic E-state index is -0.425. The molecule has 0 radical (unpaired) electrons. The maximum absolute atomic E-state index is 12.6. The van der Waals surface area contributed by atoms with Gasteiger partial charge in [0.1, 0.15) is 5.75 Å². The number of ether oxygens (including phenoxy) is 2. The largest absolute Gasteiger partial charge is 0.497 e. The number of fused-ring (bicyclic) bond motifs is 1. The number of carbonyl (C=O) groups is 1. The van der Waals surface area contributed by atoms with Crippen LogP contribution in [0.3, 0.4) is 0 Å². The van der Waals surface area contributed by atoms with Crippen LogP contribution < -0.4 is 20.9 Å². The van der Waals surface area contributed by atoms with Gasteiger partial charge in [0.25, 0.3) is 5.56 Å². The highest BCUT2D eigenvalue weighted by Gasteiger charge is 2.08. The number of rotatable bonds is 6. The standard InChI is InChI=1S/C19H20N4O4/c1-26-9-8-23-12-20-17-7-6-14(11-16(17)18(23)24)22-19(25)21-13-4-3-5-15(10-13)27-2/h3-7,10-12H,8-9H2,1-2H3,(H2,21,22,25). The Morgan fingerprint density at radius 2 is 1.89 bits per heavy atom. The Kier molecular flexibility index (Phi) is 5.68. The van der Waals surface area contributed by atoms with Crippen LogP contribution in [0.5, 0.6) is 5.75 Å². The molecule has 0 aliphatic rings. The van der Waals surface area contributed by atoms with E-state index in [1.807, 2.05) is 0 Å². The molecule has 0 saturated heterocycles. The van der Waals surface area contributed by atoms with Crippen LogP contribution in [0.1, 0.15) is 0 Å². The van der Waals surface area contributed by atoms with E-state index in [2.05, 4.69) is 15.6 Å². The van der Waals surface area contributed by atoms with Gasteiger partial charge in [-0.2, -0.15) is 0 Å². The molecule has 0 aliphatic heterocycles. The van der Waals surface area contributed by atoms with E-state index in [9.17, 15) is 9.59 Å². The maximum atomic E-state index is 12.6. The normalized spacial score (nSPS) is 10.6. The van der Waals surface area contributed by atoms with Gasteiger partial charge in [-0.15, -0.1) is 0 Å². The van der Waals surface area contributed by atoms with Gasteiger partial charge in [0, 0.05) is 24.6 Å². The molecule has 0 spiro atoms. The van der Waals surface area contributed by atoms with E-state index in [-0.39, 0.29) is 5.56 Å². The van der Waals surface area contributed by atoms with Gasteiger partial charge in [0.2, 0.25) is 0 Å². The molecule has 2 amide bonds. The zero-order chi connectivity index (χ0) is 19.2. The number of amides is 2. The number of carbonyl (C=O) groups excluding carboxylic acids is 1. The topological polar surface area (TPSA) is 94.5 Å². The van der Waals surface area contributed by atoms with E-state index in [0.717, 1.165) is 0 Å². The van der Waals surface area contributed by atoms with E-state index in [1.165, 1.54) is 10.9 Å². The summed E-state index contributed by atoms with van der Waals surface area (Å²) in [7, 11) is 3.13. The summed E-state index contributed by atoms with van der Waals surface area (Å²) in [5.41, 5.74) is 1.46. The molecule has 0 unspecified atom stereocenters. The molecule has 0 aliphatic carbocycles. The van der Waals surface area contributed by atoms with E-state index >= 15 is 0 Å². The smallest absolute Gasteiger partial charge is 0.323 e. The van der Waals surface area contributed by atoms with Crippen molar-refractivity contribution in [2.75, 3.05) is 31.5 Å². The zero-order valence-electron chi connectivity index (χ0n) is 15.1. The maximum Gasteiger partial charge on any atom is 0.323 e. The van der Waals surface area contributed by atoms with Crippen molar-refractivity contribution < 1.29 is 14.3 Å². The average Bonchev–Trinajstić information content (AvgIpc) is 2.68. The Labute approximate surface area is 155 Å². The third-order valence-electron chi connectivity index (χ3n) is 3.95. The minimum absolute atomic E-state index is 0.186. The van der Waals surface area contributed by atoms with Crippen molar-refractivity contribution in [2.45, 2.75) is 6.54 Å². The second kappa shape index (κ2) is 8.33. The van der Waals surface area contributed by atoms with Gasteiger partial charge in [0.05, 0.1) is 37.5 Å². The van der Waals surface area contributed by atoms with Crippen LogP contribution in [0, 0.1) is 0 Å². The van der Waals surface area contributed by atoms with Crippen molar-refractivity contribution in [3.63, 3.8) is 0 Å². The van der Waals surface area contributed by atoms with Gasteiger partial charge in [-0.05, 0) is 30.3 Å². The van der Waals surface area contributed by atoms with Crippen molar-refractivity contribution in [3.8, 4) is 5.75 Å². The molecule has 1 aromatic heterocycles. The first kappa shape index (κ1) is 18.4. The third-order valence-corrected chi connectivity index (χ3v) is 3.95. The van der Waals surface area contributed by atoms with Crippen LogP contribution in [0.25, 0.3) is 10.9 Å². The van der Waals surface area contributed by atoms with Gasteiger partial charge in [-0.3, -0.25) is 9.36 Å². The number of urea groups is 1. The fourth-order valence-corrected chi connectivity index (χ4v) is 2.58. The Bertz CT molecular complexity index is 1020. The number of aromatic nitrogens is 2. The summed E-state index contributed by atoms with van der Waals surface area (Å²) >= 11 is 0. The number of nitrogens with one attached hydrogen (secondary N) is 2. The number of benzene rings is 2. The van der Waals surface area contributed by atoms with Crippen LogP contribution in [0.2, 0.25) is 0 Å². The molecular formula is C19H20N4O4. The summed E-state index contributed by atoms with van der Waals surface area (Å²) in [6, 6.07) is 11.6. The molecule has 8 nitrogen and oxygen atoms in total. The monoisotopic (exact) mass is 368 g/mol. The predicted molar refractivity (Wildman–Crippen MR) is 104 cm³/mol. The molecule has 0 saturated carbocycles. The molecule has 3 rings (SSSR count). The van der Waals surface area contributed by atoms with Gasteiger partial charge in [-0.1, -0.05) is 6.07 Å². The van der Waals surface area contributed by atoms with Gasteiger partial charge >= 0.3 is 6.03 Å². The summed E-state index contributed by atoms with van der Waals surface area (Å²) in [6.45, 7) is 0.820. The van der Waals surface area contributed by atoms with Crippen molar-refractivity contribution in [1.82, 2.24) is 9.55 Å². The Balaban J connectivity index is 1.78. The lowest BCUT2D eigenvalue weighted by Crippen LogP contribution is -2.23. The molecule has 140 valence electrons. The summed E-state index contributed by atoms with van der Waals surface area (Å²) in [4.78, 5) is 29.1. The molecule has 0 bridgehead atoms. The quantitative estimate of drug-likeness (QED) is 0.698. The molecule has 27 heavy (non-hydrogen) atoms. The highest BCUT2D eigenvalue weighted by atomic mass is 16.5.